The smallest absolute Gasteiger partial charge is 0.271 e. The Morgan fingerprint density at radius 1 is 1.35 bits per heavy atom. The van der Waals surface area contributed by atoms with Crippen molar-refractivity contribution in [3.8, 4) is 5.75 Å². The van der Waals surface area contributed by atoms with Gasteiger partial charge in [-0.1, -0.05) is 11.2 Å². The number of rotatable bonds is 8. The number of methoxy groups -OCH3 is 1. The summed E-state index contributed by atoms with van der Waals surface area (Å²) in [4.78, 5) is 24.4. The van der Waals surface area contributed by atoms with E-state index in [0.717, 1.165) is 23.5 Å². The molecule has 0 spiro atoms. The number of ketones is 1. The molecule has 0 saturated heterocycles. The maximum atomic E-state index is 12.8. The highest BCUT2D eigenvalue weighted by Crippen LogP contribution is 2.41. The highest BCUT2D eigenvalue weighted by molar-refractivity contribution is 7.94. The standard InChI is InChI=1S/C20H17N3O8S3/c1-30-20-13(4-5-17(25)21-10-12-6-7-31-22-12)14(23-34(28,29)18-3-2-8-32-18)9-16-19(20)15(24)11-33(16,26)27/h2-9,23H,10-11H2,1H3,(H,21,25)/b5-4+. The topological polar surface area (TPSA) is 162 Å². The molecule has 178 valence electrons. The summed E-state index contributed by atoms with van der Waals surface area (Å²) in [6.45, 7) is 0.0790. The lowest BCUT2D eigenvalue weighted by Crippen LogP contribution is -2.20. The van der Waals surface area contributed by atoms with E-state index >= 15 is 0 Å². The molecule has 4 rings (SSSR count). The monoisotopic (exact) mass is 523 g/mol. The van der Waals surface area contributed by atoms with Crippen LogP contribution >= 0.6 is 11.3 Å². The van der Waals surface area contributed by atoms with E-state index in [1.54, 1.807) is 17.5 Å². The molecule has 14 heteroatoms. The lowest BCUT2D eigenvalue weighted by molar-refractivity contribution is -0.116. The Kier molecular flexibility index (Phi) is 6.29. The number of thiophene rings is 1. The zero-order valence-electron chi connectivity index (χ0n) is 17.5. The van der Waals surface area contributed by atoms with E-state index in [1.165, 1.54) is 25.5 Å². The molecule has 34 heavy (non-hydrogen) atoms. The first kappa shape index (κ1) is 23.7. The molecule has 0 bridgehead atoms. The highest BCUT2D eigenvalue weighted by Gasteiger charge is 2.38. The Morgan fingerprint density at radius 3 is 2.79 bits per heavy atom. The number of hydrogen-bond donors (Lipinski definition) is 2. The number of fused-ring (bicyclic) bond motifs is 1. The molecule has 3 aromatic rings. The molecule has 2 aromatic heterocycles. The number of carbonyl (C=O) groups is 2. The zero-order valence-corrected chi connectivity index (χ0v) is 19.9. The number of amides is 1. The Bertz CT molecular complexity index is 1490. The molecule has 1 aliphatic heterocycles. The number of ether oxygens (including phenoxy) is 1. The largest absolute Gasteiger partial charge is 0.495 e. The summed E-state index contributed by atoms with van der Waals surface area (Å²) in [6, 6.07) is 5.56. The third-order valence-electron chi connectivity index (χ3n) is 4.76. The average Bonchev–Trinajstić information content (AvgIpc) is 3.52. The number of nitrogens with zero attached hydrogens (tertiary/aromatic N) is 1. The quantitative estimate of drug-likeness (QED) is 0.420. The number of hydrogen-bond acceptors (Lipinski definition) is 10. The van der Waals surface area contributed by atoms with Gasteiger partial charge < -0.3 is 14.6 Å². The van der Waals surface area contributed by atoms with Crippen LogP contribution in [0, 0.1) is 0 Å². The van der Waals surface area contributed by atoms with Gasteiger partial charge in [0.2, 0.25) is 5.91 Å². The van der Waals surface area contributed by atoms with Gasteiger partial charge in [-0.15, -0.1) is 11.3 Å². The van der Waals surface area contributed by atoms with Gasteiger partial charge in [0.25, 0.3) is 10.0 Å². The highest BCUT2D eigenvalue weighted by atomic mass is 32.2. The molecule has 2 N–H and O–H groups in total. The fourth-order valence-corrected chi connectivity index (χ4v) is 6.80. The summed E-state index contributed by atoms with van der Waals surface area (Å²) in [5, 5.41) is 7.81. The van der Waals surface area contributed by atoms with E-state index < -0.39 is 37.3 Å². The second-order valence-electron chi connectivity index (χ2n) is 7.01. The molecule has 3 heterocycles. The Balaban J connectivity index is 1.77. The van der Waals surface area contributed by atoms with Crippen LogP contribution in [-0.2, 0) is 31.2 Å². The third kappa shape index (κ3) is 4.60. The van der Waals surface area contributed by atoms with Gasteiger partial charge in [0, 0.05) is 17.7 Å². The number of aromatic nitrogens is 1. The number of Topliss-reactive ketones (excluding diaryl/α,β-unsaturated/α-hetero) is 1. The number of carbonyl (C=O) groups excluding carboxylic acids is 2. The molecule has 1 aliphatic rings. The normalized spacial score (nSPS) is 14.8. The van der Waals surface area contributed by atoms with Crippen molar-refractivity contribution < 1.29 is 35.7 Å². The van der Waals surface area contributed by atoms with E-state index in [0.29, 0.717) is 5.69 Å². The molecule has 0 unspecified atom stereocenters. The van der Waals surface area contributed by atoms with Gasteiger partial charge in [-0.25, -0.2) is 16.8 Å². The molecule has 0 saturated carbocycles. The first-order chi connectivity index (χ1) is 16.1. The van der Waals surface area contributed by atoms with E-state index in [1.807, 2.05) is 0 Å². The molecule has 1 amide bonds. The maximum absolute atomic E-state index is 12.8. The van der Waals surface area contributed by atoms with Crippen LogP contribution in [0.4, 0.5) is 5.69 Å². The summed E-state index contributed by atoms with van der Waals surface area (Å²) >= 11 is 0.964. The fraction of sp³-hybridized carbons (Fsp3) is 0.150. The van der Waals surface area contributed by atoms with Gasteiger partial charge in [-0.05, 0) is 23.6 Å². The molecule has 0 atom stereocenters. The number of benzene rings is 1. The fourth-order valence-electron chi connectivity index (χ4n) is 3.28. The van der Waals surface area contributed by atoms with Crippen LogP contribution in [0.15, 0.2) is 55.6 Å². The van der Waals surface area contributed by atoms with Gasteiger partial charge in [-0.2, -0.15) is 0 Å². The molecule has 0 aliphatic carbocycles. The summed E-state index contributed by atoms with van der Waals surface area (Å²) in [7, 11) is -6.85. The number of nitrogens with one attached hydrogen (secondary N) is 2. The molecule has 0 radical (unpaired) electrons. The first-order valence-electron chi connectivity index (χ1n) is 9.55. The van der Waals surface area contributed by atoms with Gasteiger partial charge >= 0.3 is 0 Å². The molecular weight excluding hydrogens is 506 g/mol. The van der Waals surface area contributed by atoms with Crippen molar-refractivity contribution in [1.82, 2.24) is 10.5 Å². The van der Waals surface area contributed by atoms with Crippen LogP contribution in [-0.4, -0.2) is 46.5 Å². The average molecular weight is 524 g/mol. The van der Waals surface area contributed by atoms with Crippen LogP contribution in [0.25, 0.3) is 6.08 Å². The van der Waals surface area contributed by atoms with Crippen molar-refractivity contribution in [2.24, 2.45) is 0 Å². The van der Waals surface area contributed by atoms with Crippen LogP contribution in [0.5, 0.6) is 5.75 Å². The molecule has 0 fully saturated rings. The van der Waals surface area contributed by atoms with Crippen LogP contribution in [0.3, 0.4) is 0 Å². The Hall–Kier alpha value is -3.49. The van der Waals surface area contributed by atoms with Crippen LogP contribution in [0.2, 0.25) is 0 Å². The van der Waals surface area contributed by atoms with Crippen molar-refractivity contribution in [3.05, 3.63) is 58.8 Å². The Morgan fingerprint density at radius 2 is 2.15 bits per heavy atom. The number of sulfonamides is 1. The van der Waals surface area contributed by atoms with Gasteiger partial charge in [0.05, 0.1) is 29.8 Å². The minimum atomic E-state index is -4.08. The van der Waals surface area contributed by atoms with Gasteiger partial charge in [-0.3, -0.25) is 14.3 Å². The number of sulfone groups is 1. The van der Waals surface area contributed by atoms with E-state index in [-0.39, 0.29) is 38.2 Å². The van der Waals surface area contributed by atoms with E-state index in [9.17, 15) is 26.4 Å². The first-order valence-corrected chi connectivity index (χ1v) is 13.6. The second kappa shape index (κ2) is 9.04. The summed E-state index contributed by atoms with van der Waals surface area (Å²) in [5.41, 5.74) is 0.146. The van der Waals surface area contributed by atoms with Crippen molar-refractivity contribution in [3.63, 3.8) is 0 Å². The van der Waals surface area contributed by atoms with Crippen LogP contribution < -0.4 is 14.8 Å². The number of anilines is 1. The third-order valence-corrected chi connectivity index (χ3v) is 9.16. The summed E-state index contributed by atoms with van der Waals surface area (Å²) in [6.07, 6.45) is 3.69. The molecule has 11 nitrogen and oxygen atoms in total. The van der Waals surface area contributed by atoms with Crippen molar-refractivity contribution >= 4 is 54.7 Å². The SMILES string of the molecule is COc1c(/C=C/C(=O)NCc2ccon2)c(NS(=O)(=O)c2cccs2)cc2c1C(=O)CS2(=O)=O. The van der Waals surface area contributed by atoms with Crippen molar-refractivity contribution in [2.45, 2.75) is 15.6 Å². The molecular formula is C20H17N3O8S3. The maximum Gasteiger partial charge on any atom is 0.271 e. The van der Waals surface area contributed by atoms with E-state index in [4.69, 9.17) is 4.74 Å². The predicted octanol–water partition coefficient (Wildman–Crippen LogP) is 1.85. The lowest BCUT2D eigenvalue weighted by atomic mass is 10.0. The van der Waals surface area contributed by atoms with Gasteiger partial charge in [0.15, 0.2) is 15.6 Å². The van der Waals surface area contributed by atoms with Crippen LogP contribution in [0.1, 0.15) is 21.6 Å². The summed E-state index contributed by atoms with van der Waals surface area (Å²) < 4.78 is 63.0. The second-order valence-corrected chi connectivity index (χ2v) is 11.8. The van der Waals surface area contributed by atoms with Crippen molar-refractivity contribution in [2.75, 3.05) is 17.6 Å². The van der Waals surface area contributed by atoms with E-state index in [2.05, 4.69) is 19.7 Å². The summed E-state index contributed by atoms with van der Waals surface area (Å²) in [5.74, 6) is -2.17. The van der Waals surface area contributed by atoms with Gasteiger partial charge in [0.1, 0.15) is 27.7 Å². The lowest BCUT2D eigenvalue weighted by Gasteiger charge is -2.16. The Labute approximate surface area is 198 Å². The molecule has 1 aromatic carbocycles. The minimum Gasteiger partial charge on any atom is -0.495 e. The zero-order chi connectivity index (χ0) is 24.5. The van der Waals surface area contributed by atoms with Crippen molar-refractivity contribution in [1.29, 1.82) is 0 Å². The predicted molar refractivity (Wildman–Crippen MR) is 122 cm³/mol. The minimum absolute atomic E-state index is 0.00816.